The summed E-state index contributed by atoms with van der Waals surface area (Å²) in [6.07, 6.45) is -0.189. The van der Waals surface area contributed by atoms with Gasteiger partial charge in [-0.2, -0.15) is 0 Å². The van der Waals surface area contributed by atoms with Crippen molar-refractivity contribution in [3.63, 3.8) is 0 Å². The smallest absolute Gasteiger partial charge is 0.227 e. The van der Waals surface area contributed by atoms with Crippen LogP contribution < -0.4 is 5.32 Å². The molecule has 2 saturated heterocycles. The number of rotatable bonds is 2. The highest BCUT2D eigenvalue weighted by atomic mass is 19.1. The minimum atomic E-state index is -0.644. The first-order valence-corrected chi connectivity index (χ1v) is 6.56. The Bertz CT molecular complexity index is 474. The number of nitrogens with one attached hydrogen (secondary N) is 1. The first kappa shape index (κ1) is 12.5. The fraction of sp³-hybridized carbons (Fsp3) is 0.500. The van der Waals surface area contributed by atoms with Gasteiger partial charge in [0.05, 0.1) is 6.42 Å². The lowest BCUT2D eigenvalue weighted by Crippen LogP contribution is -2.33. The number of halogens is 2. The van der Waals surface area contributed by atoms with Crippen molar-refractivity contribution in [2.75, 3.05) is 26.2 Å². The highest BCUT2D eigenvalue weighted by molar-refractivity contribution is 5.79. The molecular formula is C14H16F2N2O. The summed E-state index contributed by atoms with van der Waals surface area (Å²) in [5, 5.41) is 3.29. The van der Waals surface area contributed by atoms with Crippen molar-refractivity contribution in [1.29, 1.82) is 0 Å². The minimum absolute atomic E-state index is 0.123. The zero-order chi connectivity index (χ0) is 13.4. The summed E-state index contributed by atoms with van der Waals surface area (Å²) in [6, 6.07) is 3.69. The third-order valence-electron chi connectivity index (χ3n) is 4.13. The second kappa shape index (κ2) is 4.89. The summed E-state index contributed by atoms with van der Waals surface area (Å²) in [6.45, 7) is 3.27. The molecule has 19 heavy (non-hydrogen) atoms. The number of carbonyl (C=O) groups is 1. The van der Waals surface area contributed by atoms with E-state index in [-0.39, 0.29) is 17.9 Å². The molecule has 1 amide bonds. The number of hydrogen-bond donors (Lipinski definition) is 1. The van der Waals surface area contributed by atoms with E-state index in [0.29, 0.717) is 24.9 Å². The van der Waals surface area contributed by atoms with Crippen LogP contribution in [0.3, 0.4) is 0 Å². The van der Waals surface area contributed by atoms with E-state index in [9.17, 15) is 13.6 Å². The van der Waals surface area contributed by atoms with Crippen molar-refractivity contribution < 1.29 is 13.6 Å². The monoisotopic (exact) mass is 266 g/mol. The van der Waals surface area contributed by atoms with E-state index in [1.165, 1.54) is 18.2 Å². The number of fused-ring (bicyclic) bond motifs is 1. The Labute approximate surface area is 110 Å². The van der Waals surface area contributed by atoms with Crippen molar-refractivity contribution >= 4 is 5.91 Å². The second-order valence-electron chi connectivity index (χ2n) is 5.35. The predicted molar refractivity (Wildman–Crippen MR) is 66.5 cm³/mol. The standard InChI is InChI=1S/C14H16F2N2O/c15-12-2-1-3-13(16)11(12)4-14(19)18-7-9-5-17-6-10(9)8-18/h1-3,9-10,17H,4-8H2. The topological polar surface area (TPSA) is 32.3 Å². The SMILES string of the molecule is O=C(Cc1c(F)cccc1F)N1CC2CNCC2C1. The fourth-order valence-electron chi connectivity index (χ4n) is 3.02. The fourth-order valence-corrected chi connectivity index (χ4v) is 3.02. The average molecular weight is 266 g/mol. The van der Waals surface area contributed by atoms with Gasteiger partial charge in [0.2, 0.25) is 5.91 Å². The van der Waals surface area contributed by atoms with Gasteiger partial charge >= 0.3 is 0 Å². The van der Waals surface area contributed by atoms with Crippen LogP contribution >= 0.6 is 0 Å². The van der Waals surface area contributed by atoms with Crippen molar-refractivity contribution in [2.24, 2.45) is 11.8 Å². The molecule has 0 aromatic heterocycles. The van der Waals surface area contributed by atoms with Crippen LogP contribution in [0.2, 0.25) is 0 Å². The Morgan fingerprint density at radius 3 is 2.37 bits per heavy atom. The van der Waals surface area contributed by atoms with Gasteiger partial charge in [-0.1, -0.05) is 6.07 Å². The third kappa shape index (κ3) is 2.34. The van der Waals surface area contributed by atoms with Crippen molar-refractivity contribution in [3.05, 3.63) is 35.4 Å². The van der Waals surface area contributed by atoms with Gasteiger partial charge < -0.3 is 10.2 Å². The van der Waals surface area contributed by atoms with E-state index in [4.69, 9.17) is 0 Å². The maximum absolute atomic E-state index is 13.5. The summed E-state index contributed by atoms with van der Waals surface area (Å²) in [5.74, 6) is -0.481. The number of hydrogen-bond acceptors (Lipinski definition) is 2. The van der Waals surface area contributed by atoms with E-state index in [1.54, 1.807) is 4.90 Å². The summed E-state index contributed by atoms with van der Waals surface area (Å²) in [4.78, 5) is 13.9. The molecule has 0 spiro atoms. The maximum Gasteiger partial charge on any atom is 0.227 e. The summed E-state index contributed by atoms with van der Waals surface area (Å²) < 4.78 is 27.0. The molecule has 2 aliphatic rings. The van der Waals surface area contributed by atoms with E-state index in [2.05, 4.69) is 5.32 Å². The van der Waals surface area contributed by atoms with E-state index < -0.39 is 11.6 Å². The van der Waals surface area contributed by atoms with Gasteiger partial charge in [0.1, 0.15) is 11.6 Å². The number of amides is 1. The lowest BCUT2D eigenvalue weighted by molar-refractivity contribution is -0.129. The van der Waals surface area contributed by atoms with Gasteiger partial charge in [0.25, 0.3) is 0 Å². The van der Waals surface area contributed by atoms with Crippen LogP contribution in [0.25, 0.3) is 0 Å². The van der Waals surface area contributed by atoms with E-state index in [0.717, 1.165) is 13.1 Å². The van der Waals surface area contributed by atoms with Crippen LogP contribution in [0, 0.1) is 23.5 Å². The Balaban J connectivity index is 1.69. The molecular weight excluding hydrogens is 250 g/mol. The van der Waals surface area contributed by atoms with Gasteiger partial charge in [-0.25, -0.2) is 8.78 Å². The van der Waals surface area contributed by atoms with Crippen molar-refractivity contribution in [3.8, 4) is 0 Å². The first-order valence-electron chi connectivity index (χ1n) is 6.56. The number of carbonyl (C=O) groups excluding carboxylic acids is 1. The summed E-state index contributed by atoms with van der Waals surface area (Å²) in [5.41, 5.74) is -0.123. The molecule has 2 unspecified atom stereocenters. The molecule has 0 aliphatic carbocycles. The number of likely N-dealkylation sites (tertiary alicyclic amines) is 1. The molecule has 2 fully saturated rings. The summed E-state index contributed by atoms with van der Waals surface area (Å²) in [7, 11) is 0. The molecule has 1 aromatic carbocycles. The minimum Gasteiger partial charge on any atom is -0.342 e. The van der Waals surface area contributed by atoms with Crippen LogP contribution in [0.15, 0.2) is 18.2 Å². The zero-order valence-corrected chi connectivity index (χ0v) is 10.5. The van der Waals surface area contributed by atoms with Gasteiger partial charge in [-0.05, 0) is 24.0 Å². The van der Waals surface area contributed by atoms with Gasteiger partial charge in [0, 0.05) is 31.7 Å². The van der Waals surface area contributed by atoms with Crippen LogP contribution in [-0.2, 0) is 11.2 Å². The molecule has 3 rings (SSSR count). The normalized spacial score (nSPS) is 25.7. The molecule has 0 saturated carbocycles. The first-order chi connectivity index (χ1) is 9.15. The molecule has 2 atom stereocenters. The van der Waals surface area contributed by atoms with Crippen molar-refractivity contribution in [1.82, 2.24) is 10.2 Å². The lowest BCUT2D eigenvalue weighted by Gasteiger charge is -2.17. The average Bonchev–Trinajstić information content (AvgIpc) is 2.94. The molecule has 102 valence electrons. The molecule has 5 heteroatoms. The predicted octanol–water partition coefficient (Wildman–Crippen LogP) is 1.19. The lowest BCUT2D eigenvalue weighted by atomic mass is 10.0. The quantitative estimate of drug-likeness (QED) is 0.872. The van der Waals surface area contributed by atoms with Crippen LogP contribution in [0.5, 0.6) is 0 Å². The second-order valence-corrected chi connectivity index (χ2v) is 5.35. The third-order valence-corrected chi connectivity index (χ3v) is 4.13. The van der Waals surface area contributed by atoms with Gasteiger partial charge in [-0.15, -0.1) is 0 Å². The molecule has 2 heterocycles. The highest BCUT2D eigenvalue weighted by Crippen LogP contribution is 2.27. The molecule has 1 aromatic rings. The Morgan fingerprint density at radius 1 is 1.21 bits per heavy atom. The molecule has 2 aliphatic heterocycles. The van der Waals surface area contributed by atoms with Crippen LogP contribution in [0.1, 0.15) is 5.56 Å². The molecule has 0 radical (unpaired) electrons. The maximum atomic E-state index is 13.5. The largest absolute Gasteiger partial charge is 0.342 e. The Hall–Kier alpha value is -1.49. The van der Waals surface area contributed by atoms with E-state index in [1.807, 2.05) is 0 Å². The van der Waals surface area contributed by atoms with Crippen LogP contribution in [0.4, 0.5) is 8.78 Å². The van der Waals surface area contributed by atoms with Crippen molar-refractivity contribution in [2.45, 2.75) is 6.42 Å². The number of benzene rings is 1. The molecule has 1 N–H and O–H groups in total. The highest BCUT2D eigenvalue weighted by Gasteiger charge is 2.38. The van der Waals surface area contributed by atoms with Gasteiger partial charge in [-0.3, -0.25) is 4.79 Å². The Morgan fingerprint density at radius 2 is 1.79 bits per heavy atom. The van der Waals surface area contributed by atoms with Gasteiger partial charge in [0.15, 0.2) is 0 Å². The van der Waals surface area contributed by atoms with E-state index >= 15 is 0 Å². The molecule has 0 bridgehead atoms. The summed E-state index contributed by atoms with van der Waals surface area (Å²) >= 11 is 0. The van der Waals surface area contributed by atoms with Crippen LogP contribution in [-0.4, -0.2) is 37.0 Å². The number of nitrogens with zero attached hydrogens (tertiary/aromatic N) is 1. The molecule has 3 nitrogen and oxygen atoms in total. The zero-order valence-electron chi connectivity index (χ0n) is 10.5. The Kier molecular flexibility index (Phi) is 3.22.